The van der Waals surface area contributed by atoms with E-state index in [2.05, 4.69) is 19.2 Å². The lowest BCUT2D eigenvalue weighted by Crippen LogP contribution is -2.19. The highest BCUT2D eigenvalue weighted by atomic mass is 16.1. The zero-order chi connectivity index (χ0) is 9.23. The summed E-state index contributed by atoms with van der Waals surface area (Å²) in [5.74, 6) is 0.632. The van der Waals surface area contributed by atoms with Crippen molar-refractivity contribution in [3.05, 3.63) is 0 Å². The maximum atomic E-state index is 9.97. The number of carbonyl (C=O) groups excluding carboxylic acids is 1. The van der Waals surface area contributed by atoms with Crippen molar-refractivity contribution in [1.82, 2.24) is 5.32 Å². The van der Waals surface area contributed by atoms with Crippen LogP contribution in [0.2, 0.25) is 0 Å². The molecule has 0 saturated carbocycles. The van der Waals surface area contributed by atoms with E-state index in [1.54, 1.807) is 0 Å². The van der Waals surface area contributed by atoms with Gasteiger partial charge in [-0.15, -0.1) is 0 Å². The van der Waals surface area contributed by atoms with Crippen LogP contribution in [0.4, 0.5) is 0 Å². The Hall–Kier alpha value is -0.530. The fraction of sp³-hybridized carbons (Fsp3) is 0.900. The molecule has 2 heteroatoms. The second kappa shape index (κ2) is 8.57. The smallest absolute Gasteiger partial charge is 0.207 e. The molecule has 0 aromatic heterocycles. The van der Waals surface area contributed by atoms with Gasteiger partial charge in [0, 0.05) is 6.54 Å². The van der Waals surface area contributed by atoms with Crippen molar-refractivity contribution in [1.29, 1.82) is 0 Å². The second-order valence-corrected chi connectivity index (χ2v) is 3.48. The number of amides is 1. The van der Waals surface area contributed by atoms with Crippen LogP contribution < -0.4 is 5.32 Å². The molecule has 12 heavy (non-hydrogen) atoms. The first-order chi connectivity index (χ1) is 5.81. The summed E-state index contributed by atoms with van der Waals surface area (Å²) >= 11 is 0. The Morgan fingerprint density at radius 2 is 2.08 bits per heavy atom. The average molecular weight is 171 g/mol. The van der Waals surface area contributed by atoms with Gasteiger partial charge < -0.3 is 5.32 Å². The number of carbonyl (C=O) groups is 1. The summed E-state index contributed by atoms with van der Waals surface area (Å²) in [4.78, 5) is 9.97. The monoisotopic (exact) mass is 171 g/mol. The van der Waals surface area contributed by atoms with Crippen molar-refractivity contribution >= 4 is 6.41 Å². The predicted octanol–water partition coefficient (Wildman–Crippen LogP) is 2.34. The summed E-state index contributed by atoms with van der Waals surface area (Å²) in [6, 6.07) is 0. The largest absolute Gasteiger partial charge is 0.358 e. The lowest BCUT2D eigenvalue weighted by molar-refractivity contribution is -0.109. The van der Waals surface area contributed by atoms with Gasteiger partial charge in [-0.05, 0) is 12.3 Å². The summed E-state index contributed by atoms with van der Waals surface area (Å²) in [5, 5.41) is 2.71. The summed E-state index contributed by atoms with van der Waals surface area (Å²) in [6.07, 6.45) is 7.29. The Morgan fingerprint density at radius 1 is 1.33 bits per heavy atom. The Kier molecular flexibility index (Phi) is 8.19. The standard InChI is InChI=1S/C10H21NO/c1-3-4-5-6-7-10(2)8-11-9-12/h9-10H,3-8H2,1-2H3,(H,11,12). The molecule has 0 saturated heterocycles. The molecule has 1 unspecified atom stereocenters. The Bertz CT molecular complexity index is 104. The van der Waals surface area contributed by atoms with Crippen molar-refractivity contribution < 1.29 is 4.79 Å². The molecule has 1 N–H and O–H groups in total. The maximum Gasteiger partial charge on any atom is 0.207 e. The lowest BCUT2D eigenvalue weighted by Gasteiger charge is -2.09. The lowest BCUT2D eigenvalue weighted by atomic mass is 10.0. The van der Waals surface area contributed by atoms with Gasteiger partial charge in [-0.2, -0.15) is 0 Å². The van der Waals surface area contributed by atoms with Gasteiger partial charge in [-0.25, -0.2) is 0 Å². The first-order valence-corrected chi connectivity index (χ1v) is 4.98. The van der Waals surface area contributed by atoms with Gasteiger partial charge in [-0.3, -0.25) is 4.79 Å². The number of nitrogens with one attached hydrogen (secondary N) is 1. The molecule has 0 aliphatic rings. The van der Waals surface area contributed by atoms with E-state index in [0.717, 1.165) is 13.0 Å². The molecule has 0 aliphatic heterocycles. The molecule has 0 radical (unpaired) electrons. The highest BCUT2D eigenvalue weighted by Crippen LogP contribution is 2.09. The van der Waals surface area contributed by atoms with Gasteiger partial charge in [0.2, 0.25) is 6.41 Å². The molecule has 0 heterocycles. The molecule has 2 nitrogen and oxygen atoms in total. The number of unbranched alkanes of at least 4 members (excludes halogenated alkanes) is 3. The van der Waals surface area contributed by atoms with Crippen LogP contribution in [0.5, 0.6) is 0 Å². The first-order valence-electron chi connectivity index (χ1n) is 4.98. The van der Waals surface area contributed by atoms with Crippen LogP contribution >= 0.6 is 0 Å². The minimum atomic E-state index is 0.632. The first kappa shape index (κ1) is 11.5. The number of hydrogen-bond acceptors (Lipinski definition) is 1. The van der Waals surface area contributed by atoms with Crippen LogP contribution in [-0.4, -0.2) is 13.0 Å². The Balaban J connectivity index is 3.07. The van der Waals surface area contributed by atoms with Gasteiger partial charge in [0.05, 0.1) is 0 Å². The van der Waals surface area contributed by atoms with E-state index in [1.807, 2.05) is 0 Å². The molecule has 0 bridgehead atoms. The fourth-order valence-corrected chi connectivity index (χ4v) is 1.27. The average Bonchev–Trinajstić information content (AvgIpc) is 2.09. The normalized spacial score (nSPS) is 12.5. The molecule has 1 amide bonds. The van der Waals surface area contributed by atoms with Gasteiger partial charge in [0.25, 0.3) is 0 Å². The third-order valence-electron chi connectivity index (χ3n) is 2.10. The summed E-state index contributed by atoms with van der Waals surface area (Å²) in [5.41, 5.74) is 0. The molecule has 0 spiro atoms. The molecule has 1 atom stereocenters. The third kappa shape index (κ3) is 7.58. The SMILES string of the molecule is CCCCCCC(C)CNC=O. The maximum absolute atomic E-state index is 9.97. The number of hydrogen-bond donors (Lipinski definition) is 1. The van der Waals surface area contributed by atoms with Crippen molar-refractivity contribution in [2.45, 2.75) is 46.0 Å². The zero-order valence-electron chi connectivity index (χ0n) is 8.31. The van der Waals surface area contributed by atoms with E-state index in [9.17, 15) is 4.79 Å². The predicted molar refractivity (Wildman–Crippen MR) is 52.0 cm³/mol. The van der Waals surface area contributed by atoms with Crippen LogP contribution in [0.15, 0.2) is 0 Å². The van der Waals surface area contributed by atoms with Crippen LogP contribution in [0.3, 0.4) is 0 Å². The van der Waals surface area contributed by atoms with E-state index in [0.29, 0.717) is 5.92 Å². The van der Waals surface area contributed by atoms with Crippen LogP contribution in [0.1, 0.15) is 46.0 Å². The van der Waals surface area contributed by atoms with Gasteiger partial charge in [0.15, 0.2) is 0 Å². The minimum Gasteiger partial charge on any atom is -0.358 e. The van der Waals surface area contributed by atoms with Crippen LogP contribution in [0, 0.1) is 5.92 Å². The molecular formula is C10H21NO. The summed E-state index contributed by atoms with van der Waals surface area (Å²) in [7, 11) is 0. The molecule has 0 fully saturated rings. The summed E-state index contributed by atoms with van der Waals surface area (Å²) in [6.45, 7) is 5.23. The molecule has 0 aromatic carbocycles. The topological polar surface area (TPSA) is 29.1 Å². The van der Waals surface area contributed by atoms with Crippen molar-refractivity contribution in [2.24, 2.45) is 5.92 Å². The molecule has 0 rings (SSSR count). The van der Waals surface area contributed by atoms with Crippen molar-refractivity contribution in [3.63, 3.8) is 0 Å². The van der Waals surface area contributed by atoms with E-state index < -0.39 is 0 Å². The van der Waals surface area contributed by atoms with Crippen molar-refractivity contribution in [2.75, 3.05) is 6.54 Å². The Morgan fingerprint density at radius 3 is 2.67 bits per heavy atom. The minimum absolute atomic E-state index is 0.632. The highest BCUT2D eigenvalue weighted by molar-refractivity contribution is 5.45. The molecule has 72 valence electrons. The molecule has 0 aliphatic carbocycles. The van der Waals surface area contributed by atoms with E-state index in [1.165, 1.54) is 32.1 Å². The van der Waals surface area contributed by atoms with Gasteiger partial charge in [0.1, 0.15) is 0 Å². The zero-order valence-corrected chi connectivity index (χ0v) is 8.31. The van der Waals surface area contributed by atoms with Crippen molar-refractivity contribution in [3.8, 4) is 0 Å². The number of rotatable bonds is 8. The highest BCUT2D eigenvalue weighted by Gasteiger charge is 1.99. The van der Waals surface area contributed by atoms with Crippen LogP contribution in [0.25, 0.3) is 0 Å². The fourth-order valence-electron chi connectivity index (χ4n) is 1.27. The Labute approximate surface area is 75.7 Å². The van der Waals surface area contributed by atoms with Gasteiger partial charge >= 0.3 is 0 Å². The quantitative estimate of drug-likeness (QED) is 0.441. The van der Waals surface area contributed by atoms with Crippen LogP contribution in [-0.2, 0) is 4.79 Å². The van der Waals surface area contributed by atoms with E-state index in [4.69, 9.17) is 0 Å². The third-order valence-corrected chi connectivity index (χ3v) is 2.10. The van der Waals surface area contributed by atoms with Gasteiger partial charge in [-0.1, -0.05) is 39.5 Å². The molecule has 0 aromatic rings. The van der Waals surface area contributed by atoms with E-state index >= 15 is 0 Å². The molecular weight excluding hydrogens is 150 g/mol. The second-order valence-electron chi connectivity index (χ2n) is 3.48. The van der Waals surface area contributed by atoms with E-state index in [-0.39, 0.29) is 0 Å². The summed E-state index contributed by atoms with van der Waals surface area (Å²) < 4.78 is 0.